The smallest absolute Gasteiger partial charge is 0.407 e. The van der Waals surface area contributed by atoms with Crippen LogP contribution in [-0.2, 0) is 78.1 Å². The monoisotopic (exact) mass is 1820 g/mol. The maximum atomic E-state index is 15.5. The number of halogens is 1. The van der Waals surface area contributed by atoms with Crippen LogP contribution in [0, 0.1) is 5.92 Å². The third-order valence-electron chi connectivity index (χ3n) is 17.7. The first-order valence-corrected chi connectivity index (χ1v) is 42.3. The van der Waals surface area contributed by atoms with Crippen LogP contribution in [0.4, 0.5) is 24.0 Å². The Labute approximate surface area is 749 Å². The summed E-state index contributed by atoms with van der Waals surface area (Å²) in [5.41, 5.74) is -4.88. The summed E-state index contributed by atoms with van der Waals surface area (Å²) in [6.07, 6.45) is -11.1. The normalized spacial score (nSPS) is 19.1. The zero-order chi connectivity index (χ0) is 96.4. The van der Waals surface area contributed by atoms with E-state index in [9.17, 15) is 72.5 Å². The number of aliphatic hydroxyl groups excluding tert-OH is 2. The predicted molar refractivity (Wildman–Crippen MR) is 464 cm³/mol. The molecule has 12 atom stereocenters. The highest BCUT2D eigenvalue weighted by Crippen LogP contribution is 2.19. The van der Waals surface area contributed by atoms with Crippen molar-refractivity contribution in [1.82, 2.24) is 90.1 Å². The topological polar surface area (TPSA) is 591 Å². The van der Waals surface area contributed by atoms with E-state index >= 15 is 19.2 Å². The second kappa shape index (κ2) is 50.4. The maximum Gasteiger partial charge on any atom is 0.407 e. The van der Waals surface area contributed by atoms with Gasteiger partial charge in [0.1, 0.15) is 88.4 Å². The van der Waals surface area contributed by atoms with E-state index in [0.717, 1.165) is 26.1 Å². The van der Waals surface area contributed by atoms with Crippen molar-refractivity contribution < 1.29 is 120 Å². The summed E-state index contributed by atoms with van der Waals surface area (Å²) in [6, 6.07) is -2.04. The summed E-state index contributed by atoms with van der Waals surface area (Å²) in [5, 5.41) is 63.1. The molecule has 1 aliphatic heterocycles. The molecule has 1 aliphatic rings. The molecule has 0 aliphatic carbocycles. The highest BCUT2D eigenvalue weighted by molar-refractivity contribution is 6.31. The standard InChI is InChI=1S/C85H128ClN17O25/c1-46(2)42-59-71(113)98-54(30-37-89-76(118)124-81(5,6)7)66(108)97-58(34-41-93-80(122)128-85(17,18)19)70(112)102-62(47(3)104)73(115)88-36-29-53(65(107)96-55(31-38-90-77(119)125-82(8,9)10)68(110)101-60(72(114)100-59)43-49-24-21-20-22-25-49)95-67(109)56(32-39-91-78(120)126-83(11,12)13)99-74(116)63(48(4)105)103-69(111)57(33-40-92-79(121)127-84(14,15)16)94-64(106)50-28-35-87-61(45-50)123-75(117)51-26-23-27-52(86)44-51/h20-28,35,44-48,53-60,62-63,104-105H,29-34,36-43H2,1-19H3,(H,88,115)(H,89,118)(H,90,119)(H,91,120)(H,92,121)(H,93,122)(H,94,106)(H,95,109)(H,96,107)(H,97,108)(H,98,113)(H,99,116)(H,100,114)(H,101,110)(H,102,112)(H,103,111)/t47?,48?,53-,54-,55-,56-,57-,58-,59-,60+,62-,63-/m0/s1. The average molecular weight is 1820 g/mol. The minimum absolute atomic E-state index is 0.0308. The predicted octanol–water partition coefficient (Wildman–Crippen LogP) is 2.56. The quantitative estimate of drug-likeness (QED) is 0.0325. The molecule has 1 fully saturated rings. The molecule has 128 heavy (non-hydrogen) atoms. The van der Waals surface area contributed by atoms with Crippen molar-refractivity contribution in [2.75, 3.05) is 39.3 Å². The number of esters is 1. The molecule has 2 aromatic carbocycles. The number of nitrogens with zero attached hydrogens (tertiary/aromatic N) is 1. The molecule has 43 heteroatoms. The molecule has 0 saturated carbocycles. The van der Waals surface area contributed by atoms with Crippen LogP contribution < -0.4 is 89.8 Å². The van der Waals surface area contributed by atoms with Gasteiger partial charge in [-0.05, 0) is 198 Å². The van der Waals surface area contributed by atoms with E-state index in [1.165, 1.54) is 30.3 Å². The summed E-state index contributed by atoms with van der Waals surface area (Å²) in [7, 11) is 0. The van der Waals surface area contributed by atoms with E-state index in [-0.39, 0.29) is 48.0 Å². The van der Waals surface area contributed by atoms with Crippen LogP contribution in [0.2, 0.25) is 5.02 Å². The number of aliphatic hydroxyl groups is 2. The van der Waals surface area contributed by atoms with Crippen molar-refractivity contribution in [3.05, 3.63) is 94.6 Å². The van der Waals surface area contributed by atoms with Crippen LogP contribution in [0.1, 0.15) is 203 Å². The summed E-state index contributed by atoms with van der Waals surface area (Å²) in [4.78, 5) is 247. The van der Waals surface area contributed by atoms with Crippen LogP contribution in [0.3, 0.4) is 0 Å². The average Bonchev–Trinajstić information content (AvgIpc) is 0.886. The SMILES string of the molecule is CC(C)C[C@@H]1NC(=O)[C@@H](Cc2ccccc2)NC(=O)[C@H](CCNC(=O)OC(C)(C)C)NC(=O)[C@@H](NC(=O)[C@H](CCNC(=O)OC(C)(C)C)NC(=O)[C@@H](NC(=O)[C@H](CCNC(=O)OC(C)(C)C)NC(=O)c2ccnc(OC(=O)c3cccc(Cl)c3)c2)C(C)O)CCNC(=O)[C@H](C(C)O)NC(=O)[C@H](CCNC(=O)OC(C)(C)C)NC(=O)[C@H](CCNC(=O)OC(C)(C)C)NC1=O. The Bertz CT molecular complexity index is 4330. The molecule has 3 aromatic rings. The Kier molecular flexibility index (Phi) is 42.5. The molecule has 42 nitrogen and oxygen atoms in total. The molecule has 16 amide bonds. The molecule has 18 N–H and O–H groups in total. The van der Waals surface area contributed by atoms with E-state index in [2.05, 4.69) is 90.1 Å². The van der Waals surface area contributed by atoms with Crippen LogP contribution in [0.15, 0.2) is 72.9 Å². The number of benzene rings is 2. The summed E-state index contributed by atoms with van der Waals surface area (Å²) >= 11 is 6.08. The fraction of sp³-hybridized carbons (Fsp3) is 0.600. The number of pyridine rings is 1. The second-order valence-electron chi connectivity index (χ2n) is 35.7. The van der Waals surface area contributed by atoms with E-state index in [4.69, 9.17) is 40.0 Å². The number of hydrogen-bond donors (Lipinski definition) is 18. The van der Waals surface area contributed by atoms with Gasteiger partial charge in [-0.2, -0.15) is 0 Å². The van der Waals surface area contributed by atoms with Crippen LogP contribution in [-0.4, -0.2) is 257 Å². The molecule has 1 aromatic heterocycles. The van der Waals surface area contributed by atoms with Gasteiger partial charge in [-0.3, -0.25) is 52.7 Å². The van der Waals surface area contributed by atoms with E-state index in [0.29, 0.717) is 5.56 Å². The molecule has 0 radical (unpaired) electrons. The molecule has 0 bridgehead atoms. The van der Waals surface area contributed by atoms with Gasteiger partial charge in [0.05, 0.1) is 17.8 Å². The Morgan fingerprint density at radius 3 is 1.33 bits per heavy atom. The minimum atomic E-state index is -2.08. The number of carbonyl (C=O) groups is 17. The molecule has 2 heterocycles. The molecular weight excluding hydrogens is 1690 g/mol. The van der Waals surface area contributed by atoms with Crippen molar-refractivity contribution in [1.29, 1.82) is 0 Å². The lowest BCUT2D eigenvalue weighted by Crippen LogP contribution is -2.62. The van der Waals surface area contributed by atoms with Crippen molar-refractivity contribution >= 4 is 113 Å². The Balaban J connectivity index is 1.95. The van der Waals surface area contributed by atoms with E-state index in [1.54, 1.807) is 148 Å². The number of ether oxygens (including phenoxy) is 6. The molecular formula is C85H128ClN17O25. The van der Waals surface area contributed by atoms with Crippen LogP contribution in [0.25, 0.3) is 0 Å². The number of alkyl carbamates (subject to hydrolysis) is 5. The Hall–Kier alpha value is -12.2. The van der Waals surface area contributed by atoms with Gasteiger partial charge in [-0.25, -0.2) is 33.8 Å². The number of hydrogen-bond acceptors (Lipinski definition) is 26. The zero-order valence-electron chi connectivity index (χ0n) is 75.9. The van der Waals surface area contributed by atoms with Crippen molar-refractivity contribution in [3.63, 3.8) is 0 Å². The Morgan fingerprint density at radius 2 is 0.883 bits per heavy atom. The molecule has 1 saturated heterocycles. The third kappa shape index (κ3) is 42.4. The number of nitrogens with one attached hydrogen (secondary N) is 16. The minimum Gasteiger partial charge on any atom is -0.444 e. The molecule has 0 spiro atoms. The second-order valence-corrected chi connectivity index (χ2v) is 36.1. The summed E-state index contributed by atoms with van der Waals surface area (Å²) < 4.78 is 32.4. The first-order chi connectivity index (χ1) is 59.4. The highest BCUT2D eigenvalue weighted by Gasteiger charge is 2.40. The van der Waals surface area contributed by atoms with Gasteiger partial charge in [-0.1, -0.05) is 61.8 Å². The molecule has 4 rings (SSSR count). The van der Waals surface area contributed by atoms with E-state index in [1.807, 2.05) is 0 Å². The lowest BCUT2D eigenvalue weighted by Gasteiger charge is -2.29. The van der Waals surface area contributed by atoms with Gasteiger partial charge >= 0.3 is 36.4 Å². The number of carbonyl (C=O) groups excluding carboxylic acids is 17. The number of aromatic nitrogens is 1. The Morgan fingerprint density at radius 1 is 0.461 bits per heavy atom. The van der Waals surface area contributed by atoms with Crippen LogP contribution in [0.5, 0.6) is 5.88 Å². The van der Waals surface area contributed by atoms with Gasteiger partial charge in [0.25, 0.3) is 5.91 Å². The van der Waals surface area contributed by atoms with E-state index < -0.39 is 273 Å². The highest BCUT2D eigenvalue weighted by atomic mass is 35.5. The lowest BCUT2D eigenvalue weighted by atomic mass is 10.00. The first kappa shape index (κ1) is 108. The van der Waals surface area contributed by atoms with Crippen LogP contribution >= 0.6 is 11.6 Å². The fourth-order valence-electron chi connectivity index (χ4n) is 11.8. The largest absolute Gasteiger partial charge is 0.444 e. The van der Waals surface area contributed by atoms with Gasteiger partial charge in [0.2, 0.25) is 65.0 Å². The van der Waals surface area contributed by atoms with Crippen molar-refractivity contribution in [2.24, 2.45) is 5.92 Å². The van der Waals surface area contributed by atoms with Gasteiger partial charge < -0.3 is 124 Å². The third-order valence-corrected chi connectivity index (χ3v) is 17.9. The summed E-state index contributed by atoms with van der Waals surface area (Å²) in [6.45, 7) is 26.4. The van der Waals surface area contributed by atoms with Crippen molar-refractivity contribution in [2.45, 2.75) is 284 Å². The molecule has 2 unspecified atom stereocenters. The van der Waals surface area contributed by atoms with Gasteiger partial charge in [0, 0.05) is 68.5 Å². The molecule has 710 valence electrons. The van der Waals surface area contributed by atoms with Gasteiger partial charge in [0.15, 0.2) is 0 Å². The zero-order valence-corrected chi connectivity index (χ0v) is 76.7. The maximum absolute atomic E-state index is 15.5. The van der Waals surface area contributed by atoms with Gasteiger partial charge in [-0.15, -0.1) is 0 Å². The fourth-order valence-corrected chi connectivity index (χ4v) is 12.0. The number of rotatable bonds is 31. The number of amides is 16. The first-order valence-electron chi connectivity index (χ1n) is 41.9. The lowest BCUT2D eigenvalue weighted by molar-refractivity contribution is -0.136. The van der Waals surface area contributed by atoms with Crippen molar-refractivity contribution in [3.8, 4) is 5.88 Å². The summed E-state index contributed by atoms with van der Waals surface area (Å²) in [5.74, 6) is -14.4.